The maximum absolute atomic E-state index is 14.0. The summed E-state index contributed by atoms with van der Waals surface area (Å²) in [6.45, 7) is 4.94. The molecule has 0 spiro atoms. The molecule has 7 heteroatoms. The van der Waals surface area contributed by atoms with Gasteiger partial charge in [-0.05, 0) is 31.7 Å². The van der Waals surface area contributed by atoms with Crippen molar-refractivity contribution in [3.05, 3.63) is 29.1 Å². The molecule has 1 heterocycles. The summed E-state index contributed by atoms with van der Waals surface area (Å²) >= 11 is 1.77. The zero-order chi connectivity index (χ0) is 15.6. The van der Waals surface area contributed by atoms with E-state index in [2.05, 4.69) is 5.32 Å². The van der Waals surface area contributed by atoms with Crippen LogP contribution in [0.3, 0.4) is 0 Å². The fourth-order valence-corrected chi connectivity index (χ4v) is 5.32. The number of nitrogens with one attached hydrogen (secondary N) is 1. The average Bonchev–Trinajstić information content (AvgIpc) is 2.43. The minimum Gasteiger partial charge on any atom is -0.316 e. The maximum atomic E-state index is 14.0. The van der Waals surface area contributed by atoms with Crippen LogP contribution in [0.25, 0.3) is 0 Å². The first-order chi connectivity index (χ1) is 9.86. The van der Waals surface area contributed by atoms with Gasteiger partial charge in [-0.15, -0.1) is 0 Å². The summed E-state index contributed by atoms with van der Waals surface area (Å²) in [5.41, 5.74) is 0.747. The van der Waals surface area contributed by atoms with Gasteiger partial charge in [0.2, 0.25) is 10.0 Å². The van der Waals surface area contributed by atoms with Gasteiger partial charge in [0.05, 0.1) is 4.90 Å². The van der Waals surface area contributed by atoms with Gasteiger partial charge >= 0.3 is 0 Å². The Labute approximate surface area is 130 Å². The van der Waals surface area contributed by atoms with Crippen LogP contribution in [0.5, 0.6) is 0 Å². The zero-order valence-corrected chi connectivity index (χ0v) is 14.2. The second kappa shape index (κ2) is 6.64. The topological polar surface area (TPSA) is 49.4 Å². The number of halogens is 1. The Morgan fingerprint density at radius 1 is 1.48 bits per heavy atom. The largest absolute Gasteiger partial charge is 0.316 e. The molecule has 1 aliphatic rings. The van der Waals surface area contributed by atoms with Gasteiger partial charge in [-0.2, -0.15) is 16.1 Å². The molecule has 21 heavy (non-hydrogen) atoms. The van der Waals surface area contributed by atoms with Gasteiger partial charge in [-0.25, -0.2) is 12.8 Å². The highest BCUT2D eigenvalue weighted by Gasteiger charge is 2.29. The molecule has 4 nitrogen and oxygen atoms in total. The van der Waals surface area contributed by atoms with Gasteiger partial charge in [-0.3, -0.25) is 0 Å². The highest BCUT2D eigenvalue weighted by atomic mass is 32.2. The number of nitrogens with zero attached hydrogens (tertiary/aromatic N) is 1. The van der Waals surface area contributed by atoms with Gasteiger partial charge in [0, 0.05) is 36.2 Å². The van der Waals surface area contributed by atoms with E-state index in [9.17, 15) is 12.8 Å². The Bertz CT molecular complexity index is 620. The van der Waals surface area contributed by atoms with Crippen molar-refractivity contribution in [3.8, 4) is 0 Å². The van der Waals surface area contributed by atoms with E-state index in [-0.39, 0.29) is 16.0 Å². The third-order valence-corrected chi connectivity index (χ3v) is 6.49. The lowest BCUT2D eigenvalue weighted by atomic mass is 10.1. The average molecular weight is 332 g/mol. The highest BCUT2D eigenvalue weighted by molar-refractivity contribution is 8.00. The summed E-state index contributed by atoms with van der Waals surface area (Å²) < 4.78 is 41.0. The summed E-state index contributed by atoms with van der Waals surface area (Å²) in [7, 11) is -1.84. The Kier molecular flexibility index (Phi) is 5.29. The molecule has 1 unspecified atom stereocenters. The normalized spacial score (nSPS) is 20.7. The molecule has 0 saturated carbocycles. The molecule has 1 atom stereocenters. The lowest BCUT2D eigenvalue weighted by molar-refractivity contribution is 0.424. The van der Waals surface area contributed by atoms with Crippen LogP contribution >= 0.6 is 11.8 Å². The minimum atomic E-state index is -3.55. The van der Waals surface area contributed by atoms with Gasteiger partial charge < -0.3 is 5.32 Å². The number of sulfonamides is 1. The molecule has 118 valence electrons. The standard InChI is InChI=1S/C14H21FN2O2S2/c1-10-6-13(7-12(8-16-3)14(10)15)21(18,19)17-4-5-20-11(2)9-17/h6-7,11,16H,4-5,8-9H2,1-3H3. The summed E-state index contributed by atoms with van der Waals surface area (Å²) in [4.78, 5) is 0.186. The number of hydrogen-bond donors (Lipinski definition) is 1. The fourth-order valence-electron chi connectivity index (χ4n) is 2.43. The number of rotatable bonds is 4. The smallest absolute Gasteiger partial charge is 0.243 e. The summed E-state index contributed by atoms with van der Waals surface area (Å²) in [6, 6.07) is 2.87. The van der Waals surface area contributed by atoms with E-state index >= 15 is 0 Å². The van der Waals surface area contributed by atoms with E-state index in [0.717, 1.165) is 5.75 Å². The Morgan fingerprint density at radius 3 is 2.81 bits per heavy atom. The predicted octanol–water partition coefficient (Wildman–Crippen LogP) is 1.98. The lowest BCUT2D eigenvalue weighted by Gasteiger charge is -2.30. The molecule has 0 aromatic heterocycles. The van der Waals surface area contributed by atoms with Crippen LogP contribution in [0.2, 0.25) is 0 Å². The minimum absolute atomic E-state index is 0.186. The zero-order valence-electron chi connectivity index (χ0n) is 12.5. The van der Waals surface area contributed by atoms with Crippen LogP contribution in [-0.4, -0.2) is 43.9 Å². The molecule has 1 N–H and O–H groups in total. The number of aryl methyl sites for hydroxylation is 1. The Hall–Kier alpha value is -0.630. The molecule has 0 bridgehead atoms. The predicted molar refractivity (Wildman–Crippen MR) is 84.6 cm³/mol. The maximum Gasteiger partial charge on any atom is 0.243 e. The molecular formula is C14H21FN2O2S2. The van der Waals surface area contributed by atoms with E-state index in [0.29, 0.717) is 30.8 Å². The monoisotopic (exact) mass is 332 g/mol. The molecule has 0 amide bonds. The lowest BCUT2D eigenvalue weighted by Crippen LogP contribution is -2.41. The molecule has 0 aliphatic carbocycles. The van der Waals surface area contributed by atoms with Gasteiger partial charge in [0.1, 0.15) is 5.82 Å². The van der Waals surface area contributed by atoms with Crippen LogP contribution in [0.1, 0.15) is 18.1 Å². The van der Waals surface area contributed by atoms with Gasteiger partial charge in [0.25, 0.3) is 0 Å². The Morgan fingerprint density at radius 2 is 2.19 bits per heavy atom. The van der Waals surface area contributed by atoms with Crippen LogP contribution in [0.4, 0.5) is 4.39 Å². The second-order valence-corrected chi connectivity index (χ2v) is 8.77. The van der Waals surface area contributed by atoms with Crippen molar-refractivity contribution in [3.63, 3.8) is 0 Å². The van der Waals surface area contributed by atoms with E-state index in [4.69, 9.17) is 0 Å². The first-order valence-electron chi connectivity index (χ1n) is 6.91. The van der Waals surface area contributed by atoms with Gasteiger partial charge in [0.15, 0.2) is 0 Å². The Balaban J connectivity index is 2.40. The summed E-state index contributed by atoms with van der Waals surface area (Å²) in [5.74, 6) is 0.454. The van der Waals surface area contributed by atoms with Crippen molar-refractivity contribution in [1.82, 2.24) is 9.62 Å². The SMILES string of the molecule is CNCc1cc(S(=O)(=O)N2CCSC(C)C2)cc(C)c1F. The van der Waals surface area contributed by atoms with Crippen molar-refractivity contribution in [2.75, 3.05) is 25.9 Å². The summed E-state index contributed by atoms with van der Waals surface area (Å²) in [6.07, 6.45) is 0. The molecule has 1 fully saturated rings. The van der Waals surface area contributed by atoms with Crippen LogP contribution in [0, 0.1) is 12.7 Å². The molecule has 1 aromatic rings. The van der Waals surface area contributed by atoms with Crippen molar-refractivity contribution in [2.45, 2.75) is 30.5 Å². The van der Waals surface area contributed by atoms with Crippen LogP contribution in [-0.2, 0) is 16.6 Å². The first-order valence-corrected chi connectivity index (χ1v) is 9.40. The van der Waals surface area contributed by atoms with E-state index in [1.165, 1.54) is 16.4 Å². The van der Waals surface area contributed by atoms with Crippen molar-refractivity contribution >= 4 is 21.8 Å². The number of benzene rings is 1. The molecule has 1 aromatic carbocycles. The second-order valence-electron chi connectivity index (χ2n) is 5.29. The molecule has 1 aliphatic heterocycles. The van der Waals surface area contributed by atoms with E-state index in [1.54, 1.807) is 25.7 Å². The third kappa shape index (κ3) is 3.59. The van der Waals surface area contributed by atoms with E-state index < -0.39 is 10.0 Å². The quantitative estimate of drug-likeness (QED) is 0.916. The van der Waals surface area contributed by atoms with Gasteiger partial charge in [-0.1, -0.05) is 6.92 Å². The number of hydrogen-bond acceptors (Lipinski definition) is 4. The highest BCUT2D eigenvalue weighted by Crippen LogP contribution is 2.26. The van der Waals surface area contributed by atoms with Crippen molar-refractivity contribution < 1.29 is 12.8 Å². The summed E-state index contributed by atoms with van der Waals surface area (Å²) in [5, 5.41) is 3.15. The van der Waals surface area contributed by atoms with Crippen molar-refractivity contribution in [2.24, 2.45) is 0 Å². The fraction of sp³-hybridized carbons (Fsp3) is 0.571. The van der Waals surface area contributed by atoms with Crippen LogP contribution in [0.15, 0.2) is 17.0 Å². The third-order valence-electron chi connectivity index (χ3n) is 3.51. The molecular weight excluding hydrogens is 311 g/mol. The van der Waals surface area contributed by atoms with Crippen molar-refractivity contribution in [1.29, 1.82) is 0 Å². The molecule has 2 rings (SSSR count). The molecule has 0 radical (unpaired) electrons. The first kappa shape index (κ1) is 16.7. The van der Waals surface area contributed by atoms with E-state index in [1.807, 2.05) is 6.92 Å². The molecule has 1 saturated heterocycles. The number of thioether (sulfide) groups is 1. The van der Waals surface area contributed by atoms with Crippen LogP contribution < -0.4 is 5.32 Å².